The van der Waals surface area contributed by atoms with Crippen LogP contribution in [0.1, 0.15) is 22.8 Å². The van der Waals surface area contributed by atoms with Crippen LogP contribution in [0.5, 0.6) is 0 Å². The average Bonchev–Trinajstić information content (AvgIpc) is 3.03. The van der Waals surface area contributed by atoms with Gasteiger partial charge in [-0.1, -0.05) is 24.6 Å². The molecule has 0 saturated carbocycles. The number of hydrogen-bond donors (Lipinski definition) is 2. The van der Waals surface area contributed by atoms with Crippen LogP contribution in [0.3, 0.4) is 0 Å². The van der Waals surface area contributed by atoms with Crippen molar-refractivity contribution in [2.45, 2.75) is 13.3 Å². The number of carbonyl (C=O) groups is 1. The highest BCUT2D eigenvalue weighted by Gasteiger charge is 2.16. The first-order chi connectivity index (χ1) is 12.5. The lowest BCUT2D eigenvalue weighted by molar-refractivity contribution is 0.0539. The molecule has 3 aromatic rings. The first-order valence-corrected chi connectivity index (χ1v) is 8.78. The summed E-state index contributed by atoms with van der Waals surface area (Å²) in [5, 5.41) is 1.45. The van der Waals surface area contributed by atoms with Crippen molar-refractivity contribution in [3.8, 4) is 11.1 Å². The third-order valence-electron chi connectivity index (χ3n) is 4.49. The Morgan fingerprint density at radius 3 is 2.65 bits per heavy atom. The van der Waals surface area contributed by atoms with Gasteiger partial charge in [0, 0.05) is 42.4 Å². The number of amides is 1. The third kappa shape index (κ3) is 3.28. The van der Waals surface area contributed by atoms with E-state index in [9.17, 15) is 4.79 Å². The van der Waals surface area contributed by atoms with E-state index in [4.69, 9.17) is 16.4 Å². The van der Waals surface area contributed by atoms with Crippen LogP contribution in [0.15, 0.2) is 36.5 Å². The minimum atomic E-state index is -0.300. The van der Waals surface area contributed by atoms with Gasteiger partial charge in [-0.05, 0) is 41.8 Å². The van der Waals surface area contributed by atoms with Gasteiger partial charge in [-0.3, -0.25) is 9.63 Å². The van der Waals surface area contributed by atoms with E-state index in [-0.39, 0.29) is 5.91 Å². The SMILES string of the molecule is CCc1cc(N(C)C)ccc1-c1cc2c(C(=O)NOC)c[nH]c2cc1Cl. The number of aryl methyl sites for hydroxylation is 1. The molecule has 0 fully saturated rings. The highest BCUT2D eigenvalue weighted by Crippen LogP contribution is 2.36. The fourth-order valence-corrected chi connectivity index (χ4v) is 3.36. The van der Waals surface area contributed by atoms with Crippen molar-refractivity contribution in [2.75, 3.05) is 26.1 Å². The number of anilines is 1. The molecule has 0 unspecified atom stereocenters. The molecule has 0 radical (unpaired) electrons. The van der Waals surface area contributed by atoms with Gasteiger partial charge in [0.15, 0.2) is 0 Å². The van der Waals surface area contributed by atoms with Crippen LogP contribution in [-0.4, -0.2) is 32.1 Å². The molecule has 1 amide bonds. The topological polar surface area (TPSA) is 57.4 Å². The molecule has 3 rings (SSSR count). The van der Waals surface area contributed by atoms with Crippen molar-refractivity contribution in [2.24, 2.45) is 0 Å². The van der Waals surface area contributed by atoms with Crippen molar-refractivity contribution in [3.63, 3.8) is 0 Å². The fraction of sp³-hybridized carbons (Fsp3) is 0.250. The summed E-state index contributed by atoms with van der Waals surface area (Å²) in [6, 6.07) is 10.1. The number of H-pyrrole nitrogens is 1. The average molecular weight is 372 g/mol. The molecule has 2 aromatic carbocycles. The molecule has 0 atom stereocenters. The lowest BCUT2D eigenvalue weighted by atomic mass is 9.95. The Morgan fingerprint density at radius 1 is 1.23 bits per heavy atom. The van der Waals surface area contributed by atoms with Gasteiger partial charge in [0.05, 0.1) is 17.7 Å². The van der Waals surface area contributed by atoms with E-state index < -0.39 is 0 Å². The van der Waals surface area contributed by atoms with E-state index in [1.54, 1.807) is 6.20 Å². The first-order valence-electron chi connectivity index (χ1n) is 8.40. The molecule has 1 aromatic heterocycles. The van der Waals surface area contributed by atoms with Crippen LogP contribution in [-0.2, 0) is 11.3 Å². The predicted octanol–water partition coefficient (Wildman–Crippen LogP) is 4.41. The normalized spacial score (nSPS) is 11.0. The molecule has 136 valence electrons. The molecule has 0 spiro atoms. The van der Waals surface area contributed by atoms with Crippen LogP contribution in [0, 0.1) is 0 Å². The zero-order valence-corrected chi connectivity index (χ0v) is 16.1. The highest BCUT2D eigenvalue weighted by molar-refractivity contribution is 6.34. The number of carbonyl (C=O) groups excluding carboxylic acids is 1. The number of fused-ring (bicyclic) bond motifs is 1. The van der Waals surface area contributed by atoms with Crippen molar-refractivity contribution in [3.05, 3.63) is 52.7 Å². The molecule has 0 aliphatic rings. The van der Waals surface area contributed by atoms with Gasteiger partial charge in [0.2, 0.25) is 0 Å². The van der Waals surface area contributed by atoms with Crippen LogP contribution >= 0.6 is 11.6 Å². The smallest absolute Gasteiger partial charge is 0.276 e. The van der Waals surface area contributed by atoms with Gasteiger partial charge in [0.1, 0.15) is 0 Å². The second kappa shape index (κ2) is 7.40. The summed E-state index contributed by atoms with van der Waals surface area (Å²) in [4.78, 5) is 22.1. The van der Waals surface area contributed by atoms with E-state index in [0.717, 1.165) is 34.1 Å². The van der Waals surface area contributed by atoms with Crippen molar-refractivity contribution < 1.29 is 9.63 Å². The second-order valence-electron chi connectivity index (χ2n) is 6.30. The number of rotatable bonds is 5. The number of hydroxylamine groups is 1. The quantitative estimate of drug-likeness (QED) is 0.653. The van der Waals surface area contributed by atoms with Gasteiger partial charge in [0.25, 0.3) is 5.91 Å². The summed E-state index contributed by atoms with van der Waals surface area (Å²) in [7, 11) is 5.46. The lowest BCUT2D eigenvalue weighted by Crippen LogP contribution is -2.21. The summed E-state index contributed by atoms with van der Waals surface area (Å²) in [6.07, 6.45) is 2.55. The summed E-state index contributed by atoms with van der Waals surface area (Å²) >= 11 is 6.56. The number of benzene rings is 2. The van der Waals surface area contributed by atoms with Gasteiger partial charge in [-0.15, -0.1) is 0 Å². The first kappa shape index (κ1) is 18.3. The maximum absolute atomic E-state index is 12.2. The Morgan fingerprint density at radius 2 is 2.00 bits per heavy atom. The summed E-state index contributed by atoms with van der Waals surface area (Å²) in [5.74, 6) is -0.300. The molecule has 2 N–H and O–H groups in total. The maximum Gasteiger partial charge on any atom is 0.276 e. The van der Waals surface area contributed by atoms with E-state index in [1.807, 2.05) is 26.2 Å². The summed E-state index contributed by atoms with van der Waals surface area (Å²) in [6.45, 7) is 2.12. The number of nitrogens with one attached hydrogen (secondary N) is 2. The predicted molar refractivity (Wildman–Crippen MR) is 107 cm³/mol. The third-order valence-corrected chi connectivity index (χ3v) is 4.80. The largest absolute Gasteiger partial charge is 0.378 e. The Labute approximate surface area is 157 Å². The molecule has 0 aliphatic carbocycles. The van der Waals surface area contributed by atoms with Crippen LogP contribution in [0.2, 0.25) is 5.02 Å². The molecule has 6 heteroatoms. The van der Waals surface area contributed by atoms with Crippen molar-refractivity contribution >= 4 is 34.1 Å². The molecule has 0 saturated heterocycles. The number of halogens is 1. The monoisotopic (exact) mass is 371 g/mol. The molecule has 26 heavy (non-hydrogen) atoms. The molecular formula is C20H22ClN3O2. The van der Waals surface area contributed by atoms with E-state index in [1.165, 1.54) is 12.7 Å². The van der Waals surface area contributed by atoms with Crippen LogP contribution in [0.25, 0.3) is 22.0 Å². The minimum Gasteiger partial charge on any atom is -0.378 e. The van der Waals surface area contributed by atoms with E-state index >= 15 is 0 Å². The Hall–Kier alpha value is -2.50. The number of nitrogens with zero attached hydrogens (tertiary/aromatic N) is 1. The standard InChI is InChI=1S/C20H22ClN3O2/c1-5-12-8-13(24(2)3)6-7-14(12)15-9-16-17(20(25)23-26-4)11-22-19(16)10-18(15)21/h6-11,22H,5H2,1-4H3,(H,23,25). The zero-order valence-electron chi connectivity index (χ0n) is 15.3. The Bertz CT molecular complexity index is 963. The second-order valence-corrected chi connectivity index (χ2v) is 6.71. The maximum atomic E-state index is 12.2. The highest BCUT2D eigenvalue weighted by atomic mass is 35.5. The molecule has 0 bridgehead atoms. The number of hydrogen-bond acceptors (Lipinski definition) is 3. The van der Waals surface area contributed by atoms with Crippen LogP contribution in [0.4, 0.5) is 5.69 Å². The van der Waals surface area contributed by atoms with Crippen molar-refractivity contribution in [1.82, 2.24) is 10.5 Å². The van der Waals surface area contributed by atoms with Crippen LogP contribution < -0.4 is 10.4 Å². The molecule has 5 nitrogen and oxygen atoms in total. The molecule has 1 heterocycles. The van der Waals surface area contributed by atoms with E-state index in [2.05, 4.69) is 40.5 Å². The zero-order chi connectivity index (χ0) is 18.8. The summed E-state index contributed by atoms with van der Waals surface area (Å²) in [5.41, 5.74) is 8.01. The van der Waals surface area contributed by atoms with Gasteiger partial charge in [-0.25, -0.2) is 5.48 Å². The van der Waals surface area contributed by atoms with E-state index in [0.29, 0.717) is 10.6 Å². The van der Waals surface area contributed by atoms with Gasteiger partial charge >= 0.3 is 0 Å². The summed E-state index contributed by atoms with van der Waals surface area (Å²) < 4.78 is 0. The van der Waals surface area contributed by atoms with Gasteiger partial charge < -0.3 is 9.88 Å². The Kier molecular flexibility index (Phi) is 5.20. The minimum absolute atomic E-state index is 0.300. The van der Waals surface area contributed by atoms with Gasteiger partial charge in [-0.2, -0.15) is 0 Å². The Balaban J connectivity index is 2.17. The van der Waals surface area contributed by atoms with Crippen molar-refractivity contribution in [1.29, 1.82) is 0 Å². The number of aromatic nitrogens is 1. The molecular weight excluding hydrogens is 350 g/mol. The molecule has 0 aliphatic heterocycles. The fourth-order valence-electron chi connectivity index (χ4n) is 3.10. The lowest BCUT2D eigenvalue weighted by Gasteiger charge is -2.17. The number of aromatic amines is 1.